The van der Waals surface area contributed by atoms with Crippen molar-refractivity contribution in [1.29, 1.82) is 0 Å². The van der Waals surface area contributed by atoms with E-state index in [4.69, 9.17) is 9.84 Å². The van der Waals surface area contributed by atoms with Crippen molar-refractivity contribution in [3.63, 3.8) is 0 Å². The van der Waals surface area contributed by atoms with Crippen molar-refractivity contribution in [2.24, 2.45) is 0 Å². The lowest BCUT2D eigenvalue weighted by Crippen LogP contribution is -2.42. The molecule has 1 atom stereocenters. The van der Waals surface area contributed by atoms with Gasteiger partial charge in [0.2, 0.25) is 0 Å². The number of urea groups is 1. The fraction of sp³-hybridized carbons (Fsp3) is 0.818. The van der Waals surface area contributed by atoms with Gasteiger partial charge in [-0.25, -0.2) is 4.79 Å². The van der Waals surface area contributed by atoms with Crippen molar-refractivity contribution in [2.45, 2.75) is 44.8 Å². The van der Waals surface area contributed by atoms with Crippen LogP contribution in [0.15, 0.2) is 0 Å². The number of carboxylic acids is 1. The van der Waals surface area contributed by atoms with Crippen molar-refractivity contribution < 1.29 is 19.4 Å². The molecule has 1 rings (SSSR count). The quantitative estimate of drug-likeness (QED) is 0.584. The first-order valence-electron chi connectivity index (χ1n) is 6.06. The Morgan fingerprint density at radius 3 is 2.76 bits per heavy atom. The number of nitrogens with one attached hydrogen (secondary N) is 2. The summed E-state index contributed by atoms with van der Waals surface area (Å²) in [7, 11) is 0. The highest BCUT2D eigenvalue weighted by atomic mass is 16.5. The van der Waals surface area contributed by atoms with Crippen LogP contribution in [-0.2, 0) is 9.53 Å². The molecule has 1 heterocycles. The van der Waals surface area contributed by atoms with Crippen LogP contribution < -0.4 is 10.6 Å². The summed E-state index contributed by atoms with van der Waals surface area (Å²) in [5.74, 6) is -0.769. The Morgan fingerprint density at radius 1 is 1.29 bits per heavy atom. The average molecular weight is 244 g/mol. The molecule has 2 amide bonds. The van der Waals surface area contributed by atoms with Crippen molar-refractivity contribution >= 4 is 12.0 Å². The molecule has 98 valence electrons. The highest BCUT2D eigenvalue weighted by molar-refractivity contribution is 5.73. The Balaban J connectivity index is 1.91. The van der Waals surface area contributed by atoms with Crippen LogP contribution in [0.4, 0.5) is 4.79 Å². The number of hydrogen-bond acceptors (Lipinski definition) is 3. The van der Waals surface area contributed by atoms with Crippen molar-refractivity contribution in [3.8, 4) is 0 Å². The largest absolute Gasteiger partial charge is 0.481 e. The number of aliphatic carboxylic acids is 1. The Morgan fingerprint density at radius 2 is 2.12 bits per heavy atom. The van der Waals surface area contributed by atoms with E-state index in [2.05, 4.69) is 10.6 Å². The van der Waals surface area contributed by atoms with E-state index < -0.39 is 5.97 Å². The van der Waals surface area contributed by atoms with Gasteiger partial charge >= 0.3 is 12.0 Å². The molecule has 0 aromatic heterocycles. The zero-order valence-corrected chi connectivity index (χ0v) is 9.91. The van der Waals surface area contributed by atoms with Crippen LogP contribution in [0.3, 0.4) is 0 Å². The van der Waals surface area contributed by atoms with Crippen LogP contribution >= 0.6 is 0 Å². The lowest BCUT2D eigenvalue weighted by atomic mass is 10.2. The maximum Gasteiger partial charge on any atom is 0.316 e. The third kappa shape index (κ3) is 6.78. The van der Waals surface area contributed by atoms with Gasteiger partial charge in [0, 0.05) is 19.6 Å². The summed E-state index contributed by atoms with van der Waals surface area (Å²) in [5.41, 5.74) is 0. The lowest BCUT2D eigenvalue weighted by Gasteiger charge is -2.12. The molecule has 0 aromatic rings. The molecule has 6 nitrogen and oxygen atoms in total. The van der Waals surface area contributed by atoms with Crippen LogP contribution in [0, 0.1) is 0 Å². The second-order valence-electron chi connectivity index (χ2n) is 4.11. The number of ether oxygens (including phenoxy) is 1. The Hall–Kier alpha value is -1.30. The molecule has 1 aliphatic heterocycles. The van der Waals surface area contributed by atoms with Gasteiger partial charge in [-0.2, -0.15) is 0 Å². The molecule has 6 heteroatoms. The zero-order valence-electron chi connectivity index (χ0n) is 9.91. The van der Waals surface area contributed by atoms with Gasteiger partial charge in [0.05, 0.1) is 0 Å². The summed E-state index contributed by atoms with van der Waals surface area (Å²) in [4.78, 5) is 21.6. The van der Waals surface area contributed by atoms with Crippen LogP contribution in [0.5, 0.6) is 0 Å². The zero-order chi connectivity index (χ0) is 12.5. The van der Waals surface area contributed by atoms with E-state index >= 15 is 0 Å². The highest BCUT2D eigenvalue weighted by Gasteiger charge is 2.16. The molecule has 1 saturated heterocycles. The summed E-state index contributed by atoms with van der Waals surface area (Å²) in [5, 5.41) is 13.9. The van der Waals surface area contributed by atoms with E-state index in [1.165, 1.54) is 0 Å². The van der Waals surface area contributed by atoms with Crippen molar-refractivity contribution in [3.05, 3.63) is 0 Å². The highest BCUT2D eigenvalue weighted by Crippen LogP contribution is 2.08. The molecule has 0 radical (unpaired) electrons. The second kappa shape index (κ2) is 7.89. The van der Waals surface area contributed by atoms with E-state index in [0.29, 0.717) is 19.6 Å². The van der Waals surface area contributed by atoms with Gasteiger partial charge in [0.1, 0.15) is 6.23 Å². The summed E-state index contributed by atoms with van der Waals surface area (Å²) in [6.45, 7) is 1.28. The third-order valence-corrected chi connectivity index (χ3v) is 2.57. The van der Waals surface area contributed by atoms with Crippen LogP contribution in [0.1, 0.15) is 38.5 Å². The van der Waals surface area contributed by atoms with Crippen molar-refractivity contribution in [2.75, 3.05) is 13.2 Å². The van der Waals surface area contributed by atoms with Gasteiger partial charge in [-0.15, -0.1) is 0 Å². The summed E-state index contributed by atoms with van der Waals surface area (Å²) >= 11 is 0. The minimum Gasteiger partial charge on any atom is -0.481 e. The maximum absolute atomic E-state index is 11.3. The third-order valence-electron chi connectivity index (χ3n) is 2.57. The number of hydrogen-bond donors (Lipinski definition) is 3. The Kier molecular flexibility index (Phi) is 6.39. The van der Waals surface area contributed by atoms with Gasteiger partial charge < -0.3 is 20.5 Å². The molecule has 0 saturated carbocycles. The van der Waals surface area contributed by atoms with Crippen LogP contribution in [0.2, 0.25) is 0 Å². The molecule has 0 bridgehead atoms. The lowest BCUT2D eigenvalue weighted by molar-refractivity contribution is -0.137. The summed E-state index contributed by atoms with van der Waals surface area (Å²) in [6.07, 6.45) is 4.17. The van der Waals surface area contributed by atoms with E-state index in [0.717, 1.165) is 25.7 Å². The van der Waals surface area contributed by atoms with Gasteiger partial charge in [-0.05, 0) is 25.7 Å². The van der Waals surface area contributed by atoms with Crippen LogP contribution in [-0.4, -0.2) is 36.5 Å². The number of unbranched alkanes of at least 4 members (excludes halogenated alkanes) is 2. The minimum absolute atomic E-state index is 0.151. The van der Waals surface area contributed by atoms with E-state index in [1.807, 2.05) is 0 Å². The first-order chi connectivity index (χ1) is 8.18. The number of carboxylic acid groups (broad SMARTS) is 1. The monoisotopic (exact) mass is 244 g/mol. The number of carbonyl (C=O) groups excluding carboxylic acids is 1. The molecule has 1 unspecified atom stereocenters. The molecule has 0 aromatic carbocycles. The predicted octanol–water partition coefficient (Wildman–Crippen LogP) is 1.07. The molecule has 1 fully saturated rings. The minimum atomic E-state index is -0.769. The van der Waals surface area contributed by atoms with Gasteiger partial charge in [0.25, 0.3) is 0 Å². The average Bonchev–Trinajstić information content (AvgIpc) is 2.75. The number of carbonyl (C=O) groups is 2. The van der Waals surface area contributed by atoms with Crippen LogP contribution in [0.25, 0.3) is 0 Å². The van der Waals surface area contributed by atoms with Gasteiger partial charge in [-0.3, -0.25) is 4.79 Å². The molecular formula is C11H20N2O4. The van der Waals surface area contributed by atoms with E-state index in [9.17, 15) is 9.59 Å². The molecule has 1 aliphatic rings. The summed E-state index contributed by atoms with van der Waals surface area (Å²) in [6, 6.07) is -0.213. The van der Waals surface area contributed by atoms with Crippen molar-refractivity contribution in [1.82, 2.24) is 10.6 Å². The Bertz CT molecular complexity index is 252. The van der Waals surface area contributed by atoms with E-state index in [-0.39, 0.29) is 18.7 Å². The normalized spacial score (nSPS) is 18.9. The SMILES string of the molecule is O=C(O)CCCCCNC(=O)NC1CCCO1. The Labute approximate surface area is 101 Å². The number of amides is 2. The molecule has 17 heavy (non-hydrogen) atoms. The fourth-order valence-electron chi connectivity index (χ4n) is 1.67. The first kappa shape index (κ1) is 13.8. The molecule has 0 aliphatic carbocycles. The van der Waals surface area contributed by atoms with Gasteiger partial charge in [-0.1, -0.05) is 6.42 Å². The smallest absolute Gasteiger partial charge is 0.316 e. The fourth-order valence-corrected chi connectivity index (χ4v) is 1.67. The van der Waals surface area contributed by atoms with Gasteiger partial charge in [0.15, 0.2) is 0 Å². The topological polar surface area (TPSA) is 87.7 Å². The maximum atomic E-state index is 11.3. The van der Waals surface area contributed by atoms with E-state index in [1.54, 1.807) is 0 Å². The summed E-state index contributed by atoms with van der Waals surface area (Å²) < 4.78 is 5.26. The predicted molar refractivity (Wildman–Crippen MR) is 61.6 cm³/mol. The first-order valence-corrected chi connectivity index (χ1v) is 6.06. The molecule has 0 spiro atoms. The molecule has 3 N–H and O–H groups in total. The second-order valence-corrected chi connectivity index (χ2v) is 4.11. The molecular weight excluding hydrogens is 224 g/mol. The number of rotatable bonds is 7. The standard InChI is InChI=1S/C11H20N2O4/c14-10(15)6-2-1-3-7-12-11(16)13-9-5-4-8-17-9/h9H,1-8H2,(H,14,15)(H2,12,13,16).